The summed E-state index contributed by atoms with van der Waals surface area (Å²) in [7, 11) is 0.143. The number of phenols is 1. The molecular weight excluding hydrogens is 239 g/mol. The third-order valence-corrected chi connectivity index (χ3v) is 5.39. The van der Waals surface area contributed by atoms with Gasteiger partial charge in [0.25, 0.3) is 8.45 Å². The minimum Gasteiger partial charge on any atom is -0.504 e. The molecule has 1 aromatic carbocycles. The molecule has 2 rings (SSSR count). The Labute approximate surface area is 86.7 Å². The number of rotatable bonds is 2. The van der Waals surface area contributed by atoms with Gasteiger partial charge in [0.1, 0.15) is 0 Å². The topological polar surface area (TPSA) is 65.5 Å². The summed E-state index contributed by atoms with van der Waals surface area (Å²) >= 11 is 0. The maximum absolute atomic E-state index is 9.46. The Morgan fingerprint density at radius 3 is 2.64 bits per heavy atom. The minimum absolute atomic E-state index is 0.170. The largest absolute Gasteiger partial charge is 0.504 e. The van der Waals surface area contributed by atoms with Crippen molar-refractivity contribution in [1.82, 2.24) is 14.6 Å². The Balaban J connectivity index is 1.99. The van der Waals surface area contributed by atoms with Crippen LogP contribution >= 0.6 is 26.2 Å². The molecule has 1 aromatic rings. The van der Waals surface area contributed by atoms with Crippen molar-refractivity contribution < 1.29 is 9.63 Å². The van der Waals surface area contributed by atoms with Gasteiger partial charge < -0.3 is 9.63 Å². The fourth-order valence-corrected chi connectivity index (χ4v) is 4.85. The highest BCUT2D eigenvalue weighted by molar-refractivity contribution is 7.71. The molecule has 2 unspecified atom stereocenters. The quantitative estimate of drug-likeness (QED) is 0.602. The van der Waals surface area contributed by atoms with Gasteiger partial charge in [-0.05, 0) is 12.1 Å². The first-order valence-electron chi connectivity index (χ1n) is 3.88. The Morgan fingerprint density at radius 2 is 1.93 bits per heavy atom. The van der Waals surface area contributed by atoms with Crippen molar-refractivity contribution in [2.75, 3.05) is 0 Å². The molecule has 2 atom stereocenters. The summed E-state index contributed by atoms with van der Waals surface area (Å²) in [6.07, 6.45) is 0. The van der Waals surface area contributed by atoms with Crippen LogP contribution in [-0.4, -0.2) is 5.11 Å². The lowest BCUT2D eigenvalue weighted by Gasteiger charge is -2.24. The summed E-state index contributed by atoms with van der Waals surface area (Å²) in [5.74, 6) is 0.680. The van der Waals surface area contributed by atoms with Crippen LogP contribution < -0.4 is 19.1 Å². The normalized spacial score (nSPS) is 25.3. The number of benzene rings is 1. The van der Waals surface area contributed by atoms with E-state index in [2.05, 4.69) is 14.6 Å². The fraction of sp³-hybridized carbons (Fsp3) is 0. The van der Waals surface area contributed by atoms with Crippen LogP contribution in [0.3, 0.4) is 0 Å². The molecule has 0 radical (unpaired) electrons. The van der Waals surface area contributed by atoms with Crippen LogP contribution in [0.15, 0.2) is 24.3 Å². The summed E-state index contributed by atoms with van der Waals surface area (Å²) in [5, 5.41) is 9.46. The lowest BCUT2D eigenvalue weighted by Crippen LogP contribution is -2.18. The van der Waals surface area contributed by atoms with Crippen LogP contribution in [-0.2, 0) is 0 Å². The van der Waals surface area contributed by atoms with E-state index < -0.39 is 8.45 Å². The van der Waals surface area contributed by atoms with E-state index in [0.717, 1.165) is 0 Å². The predicted octanol–water partition coefficient (Wildman–Crippen LogP) is 1.80. The summed E-state index contributed by atoms with van der Waals surface area (Å²) in [6, 6.07) is 6.95. The van der Waals surface area contributed by atoms with Gasteiger partial charge >= 0.3 is 0 Å². The van der Waals surface area contributed by atoms with Crippen LogP contribution in [0.1, 0.15) is 0 Å². The second-order valence-corrected chi connectivity index (χ2v) is 6.51. The molecule has 5 nitrogen and oxygen atoms in total. The fourth-order valence-electron chi connectivity index (χ4n) is 0.895. The Kier molecular flexibility index (Phi) is 3.89. The van der Waals surface area contributed by atoms with Gasteiger partial charge in [0.05, 0.1) is 0 Å². The van der Waals surface area contributed by atoms with E-state index in [0.29, 0.717) is 23.5 Å². The van der Waals surface area contributed by atoms with Crippen LogP contribution in [0.5, 0.6) is 11.5 Å². The molecule has 1 fully saturated rings. The summed E-state index contributed by atoms with van der Waals surface area (Å²) in [5.41, 5.74) is 0. The van der Waals surface area contributed by atoms with Gasteiger partial charge in [-0.1, -0.05) is 12.1 Å². The van der Waals surface area contributed by atoms with Crippen molar-refractivity contribution in [3.63, 3.8) is 0 Å². The predicted molar refractivity (Wildman–Crippen MR) is 61.7 cm³/mol. The summed E-state index contributed by atoms with van der Waals surface area (Å²) in [4.78, 5) is 9.40. The zero-order valence-electron chi connectivity index (χ0n) is 7.11. The number of hydrogen-bond acceptors (Lipinski definition) is 5. The molecule has 1 aliphatic heterocycles. The van der Waals surface area contributed by atoms with E-state index in [1.807, 2.05) is 6.07 Å². The molecule has 0 aliphatic carbocycles. The molecule has 0 aromatic heterocycles. The van der Waals surface area contributed by atoms with Gasteiger partial charge in [-0.25, -0.2) is 9.72 Å². The maximum atomic E-state index is 9.46. The second-order valence-electron chi connectivity index (χ2n) is 2.45. The minimum atomic E-state index is -0.862. The molecule has 1 heterocycles. The number of hydrogen-bond donors (Lipinski definition) is 4. The third-order valence-electron chi connectivity index (χ3n) is 1.49. The lowest BCUT2D eigenvalue weighted by molar-refractivity contribution is 0.445. The standard InChI is InChI=1S/C6H10N3O2P3/c10-5-3-1-2-4-6(5)11-14-8-12-7-13-9-14/h1-4,7-10,12-13H. The number of nitrogens with one attached hydrogen (secondary N) is 3. The average molecular weight is 249 g/mol. The Hall–Kier alpha value is -0.0100. The highest BCUT2D eigenvalue weighted by Crippen LogP contribution is 2.42. The van der Waals surface area contributed by atoms with Crippen molar-refractivity contribution >= 4 is 26.2 Å². The van der Waals surface area contributed by atoms with Gasteiger partial charge in [-0.3, -0.25) is 4.86 Å². The molecule has 8 heteroatoms. The van der Waals surface area contributed by atoms with Gasteiger partial charge in [-0.15, -0.1) is 0 Å². The summed E-state index contributed by atoms with van der Waals surface area (Å²) in [6.45, 7) is 0. The molecule has 1 saturated heterocycles. The van der Waals surface area contributed by atoms with E-state index in [4.69, 9.17) is 4.52 Å². The second kappa shape index (κ2) is 5.18. The van der Waals surface area contributed by atoms with Crippen molar-refractivity contribution in [3.05, 3.63) is 24.3 Å². The van der Waals surface area contributed by atoms with Crippen molar-refractivity contribution in [2.24, 2.45) is 0 Å². The first-order valence-corrected chi connectivity index (χ1v) is 7.14. The molecule has 0 spiro atoms. The van der Waals surface area contributed by atoms with Gasteiger partial charge in [0, 0.05) is 17.8 Å². The van der Waals surface area contributed by atoms with Gasteiger partial charge in [0.2, 0.25) is 0 Å². The van der Waals surface area contributed by atoms with Crippen molar-refractivity contribution in [1.29, 1.82) is 0 Å². The summed E-state index contributed by atoms with van der Waals surface area (Å²) < 4.78 is 5.55. The van der Waals surface area contributed by atoms with Crippen LogP contribution in [0, 0.1) is 0 Å². The van der Waals surface area contributed by atoms with Crippen molar-refractivity contribution in [3.8, 4) is 11.5 Å². The van der Waals surface area contributed by atoms with E-state index >= 15 is 0 Å². The van der Waals surface area contributed by atoms with Gasteiger partial charge in [0.15, 0.2) is 11.5 Å². The van der Waals surface area contributed by atoms with Crippen molar-refractivity contribution in [2.45, 2.75) is 0 Å². The molecule has 76 valence electrons. The molecule has 0 amide bonds. The highest BCUT2D eigenvalue weighted by atomic mass is 31.2. The Bertz CT molecular complexity index is 308. The molecule has 4 N–H and O–H groups in total. The van der Waals surface area contributed by atoms with E-state index in [-0.39, 0.29) is 5.75 Å². The first kappa shape index (κ1) is 10.5. The average Bonchev–Trinajstić information content (AvgIpc) is 2.23. The molecule has 0 saturated carbocycles. The zero-order chi connectivity index (χ0) is 9.80. The molecule has 0 bridgehead atoms. The third kappa shape index (κ3) is 2.74. The monoisotopic (exact) mass is 249 g/mol. The first-order chi connectivity index (χ1) is 6.86. The maximum Gasteiger partial charge on any atom is 0.251 e. The van der Waals surface area contributed by atoms with Crippen LogP contribution in [0.25, 0.3) is 0 Å². The number of para-hydroxylation sites is 2. The highest BCUT2D eigenvalue weighted by Gasteiger charge is 2.15. The molecule has 14 heavy (non-hydrogen) atoms. The smallest absolute Gasteiger partial charge is 0.251 e. The Morgan fingerprint density at radius 1 is 1.21 bits per heavy atom. The number of aromatic hydroxyl groups is 1. The van der Waals surface area contributed by atoms with Crippen LogP contribution in [0.2, 0.25) is 0 Å². The molecule has 1 aliphatic rings. The lowest BCUT2D eigenvalue weighted by atomic mass is 10.3. The SMILES string of the molecule is Oc1ccccc1OP1NPNPN1. The van der Waals surface area contributed by atoms with E-state index in [1.165, 1.54) is 0 Å². The van der Waals surface area contributed by atoms with Gasteiger partial charge in [-0.2, -0.15) is 0 Å². The zero-order valence-corrected chi connectivity index (χ0v) is 10.0. The number of phenolic OH excluding ortho intramolecular Hbond substituents is 1. The van der Waals surface area contributed by atoms with E-state index in [9.17, 15) is 5.11 Å². The van der Waals surface area contributed by atoms with Crippen LogP contribution in [0.4, 0.5) is 0 Å². The van der Waals surface area contributed by atoms with E-state index in [1.54, 1.807) is 18.2 Å². The molecular formula is C6H10N3O2P3.